The zero-order valence-corrected chi connectivity index (χ0v) is 15.2. The molecule has 1 saturated heterocycles. The summed E-state index contributed by atoms with van der Waals surface area (Å²) in [6.07, 6.45) is 1.34. The van der Waals surface area contributed by atoms with Crippen molar-refractivity contribution in [2.75, 3.05) is 25.5 Å². The lowest BCUT2D eigenvalue weighted by molar-refractivity contribution is -0.105. The van der Waals surface area contributed by atoms with Gasteiger partial charge in [-0.3, -0.25) is 4.79 Å². The van der Waals surface area contributed by atoms with Gasteiger partial charge in [-0.2, -0.15) is 0 Å². The van der Waals surface area contributed by atoms with E-state index in [2.05, 4.69) is 4.72 Å². The van der Waals surface area contributed by atoms with Crippen molar-refractivity contribution >= 4 is 23.3 Å². The maximum atomic E-state index is 12.4. The minimum absolute atomic E-state index is 0.124. The van der Waals surface area contributed by atoms with Gasteiger partial charge in [0.25, 0.3) is 0 Å². The van der Waals surface area contributed by atoms with Crippen molar-refractivity contribution in [2.45, 2.75) is 6.42 Å². The second-order valence-electron chi connectivity index (χ2n) is 5.16. The monoisotopic (exact) mass is 405 g/mol. The lowest BCUT2D eigenvalue weighted by Crippen LogP contribution is -2.39. The molecular weight excluding hydrogens is 386 g/mol. The topological polar surface area (TPSA) is 61.4 Å². The highest BCUT2D eigenvalue weighted by molar-refractivity contribution is 7.80. The van der Waals surface area contributed by atoms with Gasteiger partial charge in [0.2, 0.25) is 6.41 Å². The van der Waals surface area contributed by atoms with Gasteiger partial charge in [-0.1, -0.05) is 18.2 Å². The first-order valence-corrected chi connectivity index (χ1v) is 8.87. The van der Waals surface area contributed by atoms with Crippen LogP contribution in [-0.4, -0.2) is 35.1 Å². The fourth-order valence-corrected chi connectivity index (χ4v) is 2.61. The Kier molecular flexibility index (Phi) is 10.2. The van der Waals surface area contributed by atoms with Crippen LogP contribution in [0.3, 0.4) is 0 Å². The standard InChI is InChI=1S/C7H4F3NO.C6H5F.C4H10N2OS/c8-5-1-4(11-3-12)2-6(9)7(5)10;7-6-4-2-1-3-5-6;1-6-4-2-3-5-8(6)7/h1-3H,(H,11,12);1-5H;5H,2-4H2,1H3. The number of nitrogens with one attached hydrogen (secondary N) is 2. The maximum absolute atomic E-state index is 12.4. The molecule has 27 heavy (non-hydrogen) atoms. The smallest absolute Gasteiger partial charge is 0.211 e. The number of hydrogen-bond donors (Lipinski definition) is 2. The molecule has 2 aromatic rings. The van der Waals surface area contributed by atoms with Crippen molar-refractivity contribution < 1.29 is 26.6 Å². The van der Waals surface area contributed by atoms with Gasteiger partial charge in [0.05, 0.1) is 0 Å². The highest BCUT2D eigenvalue weighted by Gasteiger charge is 2.11. The second-order valence-corrected chi connectivity index (χ2v) is 6.57. The predicted octanol–water partition coefficient (Wildman–Crippen LogP) is 2.99. The van der Waals surface area contributed by atoms with Crippen molar-refractivity contribution in [2.24, 2.45) is 0 Å². The number of benzene rings is 2. The van der Waals surface area contributed by atoms with Crippen LogP contribution < -0.4 is 10.0 Å². The van der Waals surface area contributed by atoms with E-state index in [9.17, 15) is 26.6 Å². The average molecular weight is 405 g/mol. The predicted molar refractivity (Wildman–Crippen MR) is 95.8 cm³/mol. The van der Waals surface area contributed by atoms with Gasteiger partial charge in [-0.15, -0.1) is 0 Å². The Morgan fingerprint density at radius 2 is 1.70 bits per heavy atom. The summed E-state index contributed by atoms with van der Waals surface area (Å²) < 4.78 is 64.3. The second kappa shape index (κ2) is 12.2. The van der Waals surface area contributed by atoms with Crippen LogP contribution in [0.1, 0.15) is 6.42 Å². The molecule has 1 aliphatic rings. The number of amides is 1. The van der Waals surface area contributed by atoms with Gasteiger partial charge >= 0.3 is 0 Å². The van der Waals surface area contributed by atoms with Crippen LogP contribution in [0, 0.1) is 23.3 Å². The number of hydrogen-bond acceptors (Lipinski definition) is 2. The average Bonchev–Trinajstić information content (AvgIpc) is 2.64. The molecule has 0 radical (unpaired) electrons. The molecule has 148 valence electrons. The number of anilines is 1. The molecule has 10 heteroatoms. The summed E-state index contributed by atoms with van der Waals surface area (Å²) >= 11 is -0.902. The third-order valence-corrected chi connectivity index (χ3v) is 4.30. The van der Waals surface area contributed by atoms with Gasteiger partial charge in [-0.05, 0) is 18.6 Å². The van der Waals surface area contributed by atoms with Crippen LogP contribution in [0.5, 0.6) is 0 Å². The molecule has 1 atom stereocenters. The molecule has 1 unspecified atom stereocenters. The highest BCUT2D eigenvalue weighted by atomic mass is 32.2. The highest BCUT2D eigenvalue weighted by Crippen LogP contribution is 2.16. The molecule has 3 rings (SSSR count). The molecule has 1 fully saturated rings. The van der Waals surface area contributed by atoms with Crippen molar-refractivity contribution in [1.29, 1.82) is 0 Å². The summed E-state index contributed by atoms with van der Waals surface area (Å²) in [5.74, 6) is -4.40. The Balaban J connectivity index is 0.000000212. The maximum Gasteiger partial charge on any atom is 0.211 e. The zero-order valence-electron chi connectivity index (χ0n) is 14.4. The number of nitrogens with zero attached hydrogens (tertiary/aromatic N) is 1. The molecule has 0 aromatic heterocycles. The van der Waals surface area contributed by atoms with E-state index in [-0.39, 0.29) is 17.9 Å². The summed E-state index contributed by atoms with van der Waals surface area (Å²) in [4.78, 5) is 9.83. The SMILES string of the molecule is CN1CCCNS1=O.Fc1ccccc1.O=CNc1cc(F)c(F)c(F)c1. The summed E-state index contributed by atoms with van der Waals surface area (Å²) in [6, 6.07) is 9.31. The molecule has 1 aliphatic heterocycles. The van der Waals surface area contributed by atoms with E-state index < -0.39 is 28.6 Å². The third-order valence-electron chi connectivity index (χ3n) is 3.10. The molecule has 0 saturated carbocycles. The van der Waals surface area contributed by atoms with Crippen LogP contribution in [0.25, 0.3) is 0 Å². The molecule has 0 aliphatic carbocycles. The van der Waals surface area contributed by atoms with E-state index >= 15 is 0 Å². The quantitative estimate of drug-likeness (QED) is 0.459. The first-order chi connectivity index (χ1) is 12.8. The van der Waals surface area contributed by atoms with Crippen LogP contribution in [0.2, 0.25) is 0 Å². The molecule has 2 aromatic carbocycles. The number of carbonyl (C=O) groups is 1. The minimum atomic E-state index is -1.55. The van der Waals surface area contributed by atoms with Crippen LogP contribution in [0.4, 0.5) is 23.2 Å². The fraction of sp³-hybridized carbons (Fsp3) is 0.235. The van der Waals surface area contributed by atoms with Gasteiger partial charge in [0.1, 0.15) is 5.82 Å². The normalized spacial score (nSPS) is 16.3. The molecule has 2 N–H and O–H groups in total. The van der Waals surface area contributed by atoms with E-state index in [0.29, 0.717) is 12.1 Å². The van der Waals surface area contributed by atoms with Gasteiger partial charge < -0.3 is 5.32 Å². The number of carbonyl (C=O) groups excluding carboxylic acids is 1. The molecule has 0 bridgehead atoms. The minimum Gasteiger partial charge on any atom is -0.328 e. The Bertz CT molecular complexity index is 727. The summed E-state index contributed by atoms with van der Waals surface area (Å²) in [7, 11) is 1.85. The van der Waals surface area contributed by atoms with Crippen LogP contribution >= 0.6 is 0 Å². The molecule has 0 spiro atoms. The van der Waals surface area contributed by atoms with Gasteiger partial charge in [0.15, 0.2) is 28.6 Å². The van der Waals surface area contributed by atoms with Crippen molar-refractivity contribution in [3.8, 4) is 0 Å². The van der Waals surface area contributed by atoms with Crippen molar-refractivity contribution in [3.63, 3.8) is 0 Å². The van der Waals surface area contributed by atoms with Gasteiger partial charge in [-0.25, -0.2) is 30.8 Å². The van der Waals surface area contributed by atoms with E-state index in [0.717, 1.165) is 19.5 Å². The molecule has 1 heterocycles. The fourth-order valence-electron chi connectivity index (χ4n) is 1.78. The third kappa shape index (κ3) is 8.76. The Morgan fingerprint density at radius 3 is 2.07 bits per heavy atom. The Hall–Kier alpha value is -2.30. The van der Waals surface area contributed by atoms with Crippen molar-refractivity contribution in [3.05, 3.63) is 65.7 Å². The first kappa shape index (κ1) is 22.7. The largest absolute Gasteiger partial charge is 0.328 e. The van der Waals surface area contributed by atoms with Crippen molar-refractivity contribution in [1.82, 2.24) is 9.03 Å². The summed E-state index contributed by atoms with van der Waals surface area (Å²) in [6.45, 7) is 1.83. The van der Waals surface area contributed by atoms with Gasteiger partial charge in [0, 0.05) is 38.0 Å². The number of halogens is 4. The Labute approximate surface area is 157 Å². The summed E-state index contributed by atoms with van der Waals surface area (Å²) in [5, 5.41) is 1.99. The Morgan fingerprint density at radius 1 is 1.11 bits per heavy atom. The van der Waals surface area contributed by atoms with Crippen LogP contribution in [0.15, 0.2) is 42.5 Å². The lowest BCUT2D eigenvalue weighted by Gasteiger charge is -2.20. The molecule has 5 nitrogen and oxygen atoms in total. The molecular formula is C17H19F4N3O2S. The molecule has 1 amide bonds. The first-order valence-electron chi connectivity index (χ1n) is 7.77. The van der Waals surface area contributed by atoms with E-state index in [1.54, 1.807) is 22.5 Å². The summed E-state index contributed by atoms with van der Waals surface area (Å²) in [5.41, 5.74) is -0.124. The van der Waals surface area contributed by atoms with Crippen LogP contribution in [-0.2, 0) is 16.0 Å². The van der Waals surface area contributed by atoms with E-state index in [1.165, 1.54) is 12.1 Å². The zero-order chi connectivity index (χ0) is 20.2. The van der Waals surface area contributed by atoms with E-state index in [4.69, 9.17) is 0 Å². The van der Waals surface area contributed by atoms with E-state index in [1.807, 2.05) is 12.4 Å². The lowest BCUT2D eigenvalue weighted by atomic mass is 10.3. The number of rotatable bonds is 2.